The van der Waals surface area contributed by atoms with Gasteiger partial charge in [0.2, 0.25) is 0 Å². The number of hydrogen-bond donors (Lipinski definition) is 1. The Labute approximate surface area is 107 Å². The van der Waals surface area contributed by atoms with Gasteiger partial charge < -0.3 is 5.32 Å². The van der Waals surface area contributed by atoms with Crippen molar-refractivity contribution in [1.82, 2.24) is 9.78 Å². The van der Waals surface area contributed by atoms with Crippen molar-refractivity contribution in [3.05, 3.63) is 12.4 Å². The number of rotatable bonds is 4. The molecule has 2 rings (SSSR count). The highest BCUT2D eigenvalue weighted by Crippen LogP contribution is 2.33. The van der Waals surface area contributed by atoms with Gasteiger partial charge in [-0.15, -0.1) is 0 Å². The minimum Gasteiger partial charge on any atom is -0.332 e. The Morgan fingerprint density at radius 1 is 1.41 bits per heavy atom. The first kappa shape index (κ1) is 12.5. The van der Waals surface area contributed by atoms with Gasteiger partial charge in [-0.2, -0.15) is 5.10 Å². The zero-order chi connectivity index (χ0) is 12.3. The van der Waals surface area contributed by atoms with Gasteiger partial charge in [-0.3, -0.25) is 9.67 Å². The average Bonchev–Trinajstić information content (AvgIpc) is 2.97. The number of aromatic nitrogens is 2. The number of thioether (sulfide) groups is 1. The predicted octanol–water partition coefficient (Wildman–Crippen LogP) is 2.98. The molecular formula is C12H20N4S. The number of amidine groups is 1. The number of nitrogens with one attached hydrogen (secondary N) is 1. The highest BCUT2D eigenvalue weighted by molar-refractivity contribution is 8.14. The smallest absolute Gasteiger partial charge is 0.161 e. The molecule has 1 N–H and O–H groups in total. The molecule has 0 radical (unpaired) electrons. The third-order valence-electron chi connectivity index (χ3n) is 3.34. The number of aryl methyl sites for hydroxylation is 1. The first-order chi connectivity index (χ1) is 8.21. The number of anilines is 1. The van der Waals surface area contributed by atoms with Crippen LogP contribution in [0.1, 0.15) is 33.6 Å². The van der Waals surface area contributed by atoms with E-state index < -0.39 is 0 Å². The molecule has 0 spiro atoms. The van der Waals surface area contributed by atoms with Crippen molar-refractivity contribution in [1.29, 1.82) is 0 Å². The lowest BCUT2D eigenvalue weighted by Crippen LogP contribution is -2.24. The second-order valence-corrected chi connectivity index (χ2v) is 5.31. The predicted molar refractivity (Wildman–Crippen MR) is 74.7 cm³/mol. The Morgan fingerprint density at radius 3 is 2.71 bits per heavy atom. The Morgan fingerprint density at radius 2 is 2.18 bits per heavy atom. The molecule has 94 valence electrons. The van der Waals surface area contributed by atoms with Crippen molar-refractivity contribution in [2.75, 3.05) is 11.1 Å². The summed E-state index contributed by atoms with van der Waals surface area (Å²) in [6.07, 6.45) is 6.08. The van der Waals surface area contributed by atoms with E-state index in [0.717, 1.165) is 36.0 Å². The third kappa shape index (κ3) is 2.65. The lowest BCUT2D eigenvalue weighted by Gasteiger charge is -2.20. The summed E-state index contributed by atoms with van der Waals surface area (Å²) in [6, 6.07) is 0. The molecule has 0 saturated carbocycles. The summed E-state index contributed by atoms with van der Waals surface area (Å²) in [5, 5.41) is 8.62. The molecule has 1 aliphatic heterocycles. The minimum atomic E-state index is 0.147. The Balaban J connectivity index is 2.05. The van der Waals surface area contributed by atoms with Crippen LogP contribution in [-0.4, -0.2) is 26.2 Å². The molecule has 0 fully saturated rings. The maximum atomic E-state index is 4.82. The lowest BCUT2D eigenvalue weighted by molar-refractivity contribution is 0.456. The van der Waals surface area contributed by atoms with Gasteiger partial charge in [-0.25, -0.2) is 0 Å². The highest BCUT2D eigenvalue weighted by Gasteiger charge is 2.32. The number of aliphatic imine (C=N–C) groups is 1. The summed E-state index contributed by atoms with van der Waals surface area (Å²) >= 11 is 1.81. The summed E-state index contributed by atoms with van der Waals surface area (Å²) in [5.74, 6) is 1.09. The molecular weight excluding hydrogens is 232 g/mol. The number of hydrogen-bond acceptors (Lipinski definition) is 4. The largest absolute Gasteiger partial charge is 0.332 e. The molecule has 0 bridgehead atoms. The minimum absolute atomic E-state index is 0.147. The summed E-state index contributed by atoms with van der Waals surface area (Å²) in [6.45, 7) is 7.41. The molecule has 0 amide bonds. The van der Waals surface area contributed by atoms with E-state index in [1.165, 1.54) is 0 Å². The van der Waals surface area contributed by atoms with E-state index in [0.29, 0.717) is 0 Å². The van der Waals surface area contributed by atoms with E-state index >= 15 is 0 Å². The van der Waals surface area contributed by atoms with Crippen LogP contribution in [0.5, 0.6) is 0 Å². The van der Waals surface area contributed by atoms with E-state index in [1.54, 1.807) is 0 Å². The van der Waals surface area contributed by atoms with E-state index in [2.05, 4.69) is 31.2 Å². The Hall–Kier alpha value is -0.970. The van der Waals surface area contributed by atoms with Crippen LogP contribution in [0.15, 0.2) is 17.4 Å². The second-order valence-electron chi connectivity index (χ2n) is 4.35. The van der Waals surface area contributed by atoms with E-state index in [9.17, 15) is 0 Å². The van der Waals surface area contributed by atoms with Crippen LogP contribution in [0.25, 0.3) is 0 Å². The van der Waals surface area contributed by atoms with Gasteiger partial charge in [-0.1, -0.05) is 25.6 Å². The van der Waals surface area contributed by atoms with Crippen LogP contribution >= 0.6 is 11.8 Å². The highest BCUT2D eigenvalue weighted by atomic mass is 32.2. The molecule has 0 atom stereocenters. The molecule has 0 unspecified atom stereocenters. The van der Waals surface area contributed by atoms with Gasteiger partial charge in [0.05, 0.1) is 17.4 Å². The van der Waals surface area contributed by atoms with Crippen LogP contribution in [0.2, 0.25) is 0 Å². The van der Waals surface area contributed by atoms with Gasteiger partial charge in [-0.05, 0) is 19.8 Å². The monoisotopic (exact) mass is 252 g/mol. The topological polar surface area (TPSA) is 42.2 Å². The van der Waals surface area contributed by atoms with Crippen molar-refractivity contribution in [2.24, 2.45) is 4.99 Å². The van der Waals surface area contributed by atoms with Crippen LogP contribution < -0.4 is 5.32 Å². The molecule has 2 heterocycles. The van der Waals surface area contributed by atoms with E-state index in [-0.39, 0.29) is 5.54 Å². The SMILES string of the molecule is CCn1cc(NC2=NC(CC)(CC)CS2)cn1. The normalized spacial score (nSPS) is 18.2. The Bertz CT molecular complexity index is 406. The molecule has 17 heavy (non-hydrogen) atoms. The fourth-order valence-electron chi connectivity index (χ4n) is 1.88. The van der Waals surface area contributed by atoms with Crippen molar-refractivity contribution >= 4 is 22.6 Å². The van der Waals surface area contributed by atoms with Gasteiger partial charge in [0.15, 0.2) is 5.17 Å². The Kier molecular flexibility index (Phi) is 3.76. The van der Waals surface area contributed by atoms with Crippen molar-refractivity contribution < 1.29 is 0 Å². The molecule has 0 saturated heterocycles. The zero-order valence-corrected chi connectivity index (χ0v) is 11.5. The molecule has 5 heteroatoms. The van der Waals surface area contributed by atoms with Crippen molar-refractivity contribution in [2.45, 2.75) is 45.7 Å². The van der Waals surface area contributed by atoms with Gasteiger partial charge in [0.1, 0.15) is 0 Å². The first-order valence-corrected chi connectivity index (χ1v) is 7.22. The summed E-state index contributed by atoms with van der Waals surface area (Å²) in [5.41, 5.74) is 1.18. The molecule has 1 aromatic rings. The van der Waals surface area contributed by atoms with Gasteiger partial charge in [0, 0.05) is 18.5 Å². The second kappa shape index (κ2) is 5.12. The standard InChI is InChI=1S/C12H20N4S/c1-4-12(5-2)9-17-11(15-12)14-10-7-13-16(6-3)8-10/h7-8H,4-6,9H2,1-3H3,(H,14,15). The van der Waals surface area contributed by atoms with Gasteiger partial charge in [0.25, 0.3) is 0 Å². The van der Waals surface area contributed by atoms with Crippen LogP contribution in [0, 0.1) is 0 Å². The van der Waals surface area contributed by atoms with E-state index in [1.807, 2.05) is 28.8 Å². The lowest BCUT2D eigenvalue weighted by atomic mass is 9.97. The average molecular weight is 252 g/mol. The fraction of sp³-hybridized carbons (Fsp3) is 0.667. The zero-order valence-electron chi connectivity index (χ0n) is 10.7. The molecule has 1 aliphatic rings. The summed E-state index contributed by atoms with van der Waals surface area (Å²) in [4.78, 5) is 4.82. The fourth-order valence-corrected chi connectivity index (χ4v) is 3.21. The van der Waals surface area contributed by atoms with Crippen molar-refractivity contribution in [3.8, 4) is 0 Å². The number of nitrogens with zero attached hydrogens (tertiary/aromatic N) is 3. The summed E-state index contributed by atoms with van der Waals surface area (Å²) < 4.78 is 1.91. The molecule has 0 aromatic carbocycles. The van der Waals surface area contributed by atoms with Crippen LogP contribution in [-0.2, 0) is 6.54 Å². The quantitative estimate of drug-likeness (QED) is 0.895. The van der Waals surface area contributed by atoms with E-state index in [4.69, 9.17) is 4.99 Å². The third-order valence-corrected chi connectivity index (χ3v) is 4.49. The molecule has 4 nitrogen and oxygen atoms in total. The van der Waals surface area contributed by atoms with Crippen LogP contribution in [0.4, 0.5) is 5.69 Å². The maximum Gasteiger partial charge on any atom is 0.161 e. The summed E-state index contributed by atoms with van der Waals surface area (Å²) in [7, 11) is 0. The first-order valence-electron chi connectivity index (χ1n) is 6.23. The molecule has 0 aliphatic carbocycles. The maximum absolute atomic E-state index is 4.82. The van der Waals surface area contributed by atoms with Gasteiger partial charge >= 0.3 is 0 Å². The van der Waals surface area contributed by atoms with Crippen molar-refractivity contribution in [3.63, 3.8) is 0 Å². The molecule has 1 aromatic heterocycles. The van der Waals surface area contributed by atoms with Crippen LogP contribution in [0.3, 0.4) is 0 Å².